The summed E-state index contributed by atoms with van der Waals surface area (Å²) in [6.45, 7) is 1.56. The van der Waals surface area contributed by atoms with E-state index in [1.807, 2.05) is 0 Å². The smallest absolute Gasteiger partial charge is 0.338 e. The van der Waals surface area contributed by atoms with E-state index in [1.165, 1.54) is 0 Å². The van der Waals surface area contributed by atoms with E-state index >= 15 is 0 Å². The number of carbonyl (C=O) groups is 3. The molecule has 1 saturated heterocycles. The van der Waals surface area contributed by atoms with Crippen LogP contribution in [-0.2, 0) is 18.9 Å². The van der Waals surface area contributed by atoms with Crippen molar-refractivity contribution < 1.29 is 38.4 Å². The highest BCUT2D eigenvalue weighted by Crippen LogP contribution is 2.29. The van der Waals surface area contributed by atoms with Crippen molar-refractivity contribution >= 4 is 17.9 Å². The first kappa shape index (κ1) is 24.1. The summed E-state index contributed by atoms with van der Waals surface area (Å²) in [7, 11) is 0. The van der Waals surface area contributed by atoms with Gasteiger partial charge in [0.1, 0.15) is 0 Å². The number of rotatable bonds is 6. The lowest BCUT2D eigenvalue weighted by Gasteiger charge is -2.42. The standard InChI is InChI=1S/C27H24O8/c1-17-21(33-24(28)18-11-5-2-6-12-18)22(34-25(29)19-13-7-3-8-14-19)23(27(31)32-17)35-26(30)20-15-9-4-10-16-20/h2-17,21-23,27,31H,1H3/t17-,21-,22+,23-,27?/m0/s1. The molecule has 8 nitrogen and oxygen atoms in total. The van der Waals surface area contributed by atoms with E-state index in [0.29, 0.717) is 0 Å². The minimum Gasteiger partial charge on any atom is -0.452 e. The molecule has 1 N–H and O–H groups in total. The van der Waals surface area contributed by atoms with Crippen LogP contribution >= 0.6 is 0 Å². The molecular weight excluding hydrogens is 452 g/mol. The second-order valence-electron chi connectivity index (χ2n) is 7.94. The Morgan fingerprint density at radius 1 is 0.600 bits per heavy atom. The maximum absolute atomic E-state index is 12.9. The van der Waals surface area contributed by atoms with Gasteiger partial charge in [0.25, 0.3) is 0 Å². The van der Waals surface area contributed by atoms with Crippen molar-refractivity contribution in [1.29, 1.82) is 0 Å². The molecule has 0 saturated carbocycles. The summed E-state index contributed by atoms with van der Waals surface area (Å²) in [6.07, 6.45) is -6.48. The van der Waals surface area contributed by atoms with Gasteiger partial charge in [-0.15, -0.1) is 0 Å². The molecule has 5 atom stereocenters. The van der Waals surface area contributed by atoms with Gasteiger partial charge in [0.05, 0.1) is 22.8 Å². The minimum absolute atomic E-state index is 0.226. The van der Waals surface area contributed by atoms with Gasteiger partial charge in [-0.2, -0.15) is 0 Å². The molecule has 1 aliphatic heterocycles. The van der Waals surface area contributed by atoms with Crippen molar-refractivity contribution in [3.05, 3.63) is 108 Å². The second kappa shape index (κ2) is 10.9. The van der Waals surface area contributed by atoms with Crippen molar-refractivity contribution in [3.8, 4) is 0 Å². The summed E-state index contributed by atoms with van der Waals surface area (Å²) in [6, 6.07) is 24.6. The lowest BCUT2D eigenvalue weighted by atomic mass is 9.98. The van der Waals surface area contributed by atoms with Crippen molar-refractivity contribution in [3.63, 3.8) is 0 Å². The fourth-order valence-electron chi connectivity index (χ4n) is 3.71. The van der Waals surface area contributed by atoms with Gasteiger partial charge in [-0.05, 0) is 43.3 Å². The Labute approximate surface area is 202 Å². The molecule has 1 heterocycles. The number of carbonyl (C=O) groups excluding carboxylic acids is 3. The Bertz CT molecular complexity index is 1080. The third-order valence-corrected chi connectivity index (χ3v) is 5.50. The van der Waals surface area contributed by atoms with Crippen molar-refractivity contribution in [1.82, 2.24) is 0 Å². The van der Waals surface area contributed by atoms with E-state index < -0.39 is 48.6 Å². The molecule has 1 fully saturated rings. The van der Waals surface area contributed by atoms with E-state index in [2.05, 4.69) is 0 Å². The first-order valence-corrected chi connectivity index (χ1v) is 11.1. The van der Waals surface area contributed by atoms with Crippen LogP contribution in [0.5, 0.6) is 0 Å². The van der Waals surface area contributed by atoms with Gasteiger partial charge in [-0.1, -0.05) is 54.6 Å². The van der Waals surface area contributed by atoms with Gasteiger partial charge in [-0.3, -0.25) is 0 Å². The SMILES string of the molecule is C[C@@H]1OC(O)[C@@H](OC(=O)c2ccccc2)[C@H](OC(=O)c2ccccc2)[C@H]1OC(=O)c1ccccc1. The van der Waals surface area contributed by atoms with Crippen LogP contribution < -0.4 is 0 Å². The Kier molecular flexibility index (Phi) is 7.54. The summed E-state index contributed by atoms with van der Waals surface area (Å²) >= 11 is 0. The van der Waals surface area contributed by atoms with E-state index in [9.17, 15) is 19.5 Å². The summed E-state index contributed by atoms with van der Waals surface area (Å²) in [5, 5.41) is 10.6. The average Bonchev–Trinajstić information content (AvgIpc) is 2.89. The van der Waals surface area contributed by atoms with E-state index in [0.717, 1.165) is 0 Å². The van der Waals surface area contributed by atoms with Gasteiger partial charge in [0, 0.05) is 0 Å². The van der Waals surface area contributed by atoms with Crippen LogP contribution in [0.1, 0.15) is 38.0 Å². The summed E-state index contributed by atoms with van der Waals surface area (Å²) < 4.78 is 22.4. The molecule has 0 aromatic heterocycles. The highest BCUT2D eigenvalue weighted by atomic mass is 16.7. The molecule has 1 aliphatic rings. The van der Waals surface area contributed by atoms with Crippen LogP contribution in [0.3, 0.4) is 0 Å². The lowest BCUT2D eigenvalue weighted by molar-refractivity contribution is -0.275. The fourth-order valence-corrected chi connectivity index (χ4v) is 3.71. The largest absolute Gasteiger partial charge is 0.452 e. The number of hydrogen-bond acceptors (Lipinski definition) is 8. The van der Waals surface area contributed by atoms with Crippen LogP contribution in [-0.4, -0.2) is 53.7 Å². The van der Waals surface area contributed by atoms with E-state index in [4.69, 9.17) is 18.9 Å². The molecule has 0 spiro atoms. The molecule has 3 aromatic rings. The first-order chi connectivity index (χ1) is 16.9. The number of aliphatic hydroxyl groups excluding tert-OH is 1. The lowest BCUT2D eigenvalue weighted by Crippen LogP contribution is -2.60. The van der Waals surface area contributed by atoms with Gasteiger partial charge >= 0.3 is 17.9 Å². The predicted octanol–water partition coefficient (Wildman–Crippen LogP) is 3.40. The highest BCUT2D eigenvalue weighted by molar-refractivity contribution is 5.91. The Balaban J connectivity index is 1.63. The number of hydrogen-bond donors (Lipinski definition) is 1. The summed E-state index contributed by atoms with van der Waals surface area (Å²) in [5.41, 5.74) is 0.739. The normalized spacial score (nSPS) is 23.7. The molecule has 35 heavy (non-hydrogen) atoms. The molecular formula is C27H24O8. The van der Waals surface area contributed by atoms with Gasteiger partial charge in [-0.25, -0.2) is 14.4 Å². The Morgan fingerprint density at radius 2 is 0.943 bits per heavy atom. The van der Waals surface area contributed by atoms with Crippen molar-refractivity contribution in [2.45, 2.75) is 37.6 Å². The Morgan fingerprint density at radius 3 is 1.34 bits per heavy atom. The molecule has 4 rings (SSSR count). The van der Waals surface area contributed by atoms with Gasteiger partial charge < -0.3 is 24.1 Å². The molecule has 8 heteroatoms. The first-order valence-electron chi connectivity index (χ1n) is 11.1. The zero-order valence-corrected chi connectivity index (χ0v) is 18.9. The second-order valence-corrected chi connectivity index (χ2v) is 7.94. The summed E-state index contributed by atoms with van der Waals surface area (Å²) in [4.78, 5) is 38.5. The van der Waals surface area contributed by atoms with E-state index in [1.54, 1.807) is 97.9 Å². The third kappa shape index (κ3) is 5.74. The average molecular weight is 476 g/mol. The van der Waals surface area contributed by atoms with Gasteiger partial charge in [0.2, 0.25) is 0 Å². The molecule has 3 aromatic carbocycles. The molecule has 0 radical (unpaired) electrons. The zero-order valence-electron chi connectivity index (χ0n) is 18.9. The maximum atomic E-state index is 12.9. The zero-order chi connectivity index (χ0) is 24.8. The third-order valence-electron chi connectivity index (χ3n) is 5.50. The predicted molar refractivity (Wildman–Crippen MR) is 123 cm³/mol. The van der Waals surface area contributed by atoms with Crippen LogP contribution in [0.4, 0.5) is 0 Å². The molecule has 0 amide bonds. The van der Waals surface area contributed by atoms with Crippen LogP contribution in [0.15, 0.2) is 91.0 Å². The van der Waals surface area contributed by atoms with Crippen LogP contribution in [0, 0.1) is 0 Å². The fraction of sp³-hybridized carbons (Fsp3) is 0.222. The molecule has 0 bridgehead atoms. The quantitative estimate of drug-likeness (QED) is 0.426. The van der Waals surface area contributed by atoms with E-state index in [-0.39, 0.29) is 16.7 Å². The topological polar surface area (TPSA) is 108 Å². The number of aliphatic hydroxyl groups is 1. The van der Waals surface area contributed by atoms with Crippen LogP contribution in [0.25, 0.3) is 0 Å². The number of ether oxygens (including phenoxy) is 4. The summed E-state index contributed by atoms with van der Waals surface area (Å²) in [5.74, 6) is -2.18. The molecule has 0 aliphatic carbocycles. The van der Waals surface area contributed by atoms with Crippen molar-refractivity contribution in [2.24, 2.45) is 0 Å². The van der Waals surface area contributed by atoms with Crippen molar-refractivity contribution in [2.75, 3.05) is 0 Å². The molecule has 180 valence electrons. The number of benzene rings is 3. The highest BCUT2D eigenvalue weighted by Gasteiger charge is 2.50. The van der Waals surface area contributed by atoms with Crippen LogP contribution in [0.2, 0.25) is 0 Å². The monoisotopic (exact) mass is 476 g/mol. The Hall–Kier alpha value is -4.01. The molecule has 1 unspecified atom stereocenters. The minimum atomic E-state index is -1.63. The maximum Gasteiger partial charge on any atom is 0.338 e. The van der Waals surface area contributed by atoms with Gasteiger partial charge in [0.15, 0.2) is 24.6 Å². The number of esters is 3.